The molecule has 0 saturated heterocycles. The highest BCUT2D eigenvalue weighted by Gasteiger charge is 2.13. The summed E-state index contributed by atoms with van der Waals surface area (Å²) in [5.41, 5.74) is 3.51. The van der Waals surface area contributed by atoms with E-state index in [0.717, 1.165) is 12.1 Å². The summed E-state index contributed by atoms with van der Waals surface area (Å²) < 4.78 is 1.23. The van der Waals surface area contributed by atoms with E-state index in [4.69, 9.17) is 4.98 Å². The third kappa shape index (κ3) is 2.34. The maximum Gasteiger partial charge on any atom is 0.170 e. The molecule has 0 aliphatic carbocycles. The van der Waals surface area contributed by atoms with Crippen LogP contribution in [0.5, 0.6) is 0 Å². The fourth-order valence-electron chi connectivity index (χ4n) is 1.96. The smallest absolute Gasteiger partial charge is 0.170 e. The minimum Gasteiger partial charge on any atom is -0.232 e. The molecule has 2 aromatic rings. The second-order valence-corrected chi connectivity index (χ2v) is 6.12. The molecule has 2 heterocycles. The third-order valence-corrected chi connectivity index (χ3v) is 4.25. The van der Waals surface area contributed by atoms with Crippen LogP contribution in [-0.2, 0) is 6.42 Å². The van der Waals surface area contributed by atoms with Gasteiger partial charge in [-0.15, -0.1) is 11.3 Å². The average molecular weight is 248 g/mol. The Morgan fingerprint density at radius 2 is 1.82 bits per heavy atom. The normalized spacial score (nSPS) is 11.9. The van der Waals surface area contributed by atoms with Gasteiger partial charge < -0.3 is 0 Å². The standard InChI is InChI=1S/C14H20N2S/c1-6-11-10(8(2)3)7-12-13(15-11)16-14(17-12)9(4)5/h7-9H,6H2,1-5H3. The van der Waals surface area contributed by atoms with E-state index in [-0.39, 0.29) is 0 Å². The molecule has 17 heavy (non-hydrogen) atoms. The van der Waals surface area contributed by atoms with Crippen molar-refractivity contribution in [2.24, 2.45) is 0 Å². The van der Waals surface area contributed by atoms with Crippen LogP contribution in [0.15, 0.2) is 6.07 Å². The van der Waals surface area contributed by atoms with Crippen molar-refractivity contribution >= 4 is 21.7 Å². The molecule has 2 rings (SSSR count). The molecule has 0 aromatic carbocycles. The van der Waals surface area contributed by atoms with E-state index in [1.807, 2.05) is 0 Å². The highest BCUT2D eigenvalue weighted by atomic mass is 32.1. The number of rotatable bonds is 3. The van der Waals surface area contributed by atoms with Crippen molar-refractivity contribution in [2.45, 2.75) is 52.9 Å². The van der Waals surface area contributed by atoms with Crippen molar-refractivity contribution in [2.75, 3.05) is 0 Å². The Bertz CT molecular complexity index is 526. The number of aromatic nitrogens is 2. The summed E-state index contributed by atoms with van der Waals surface area (Å²) in [5.74, 6) is 1.02. The van der Waals surface area contributed by atoms with Crippen LogP contribution < -0.4 is 0 Å². The Hall–Kier alpha value is -0.960. The Balaban J connectivity index is 2.61. The topological polar surface area (TPSA) is 25.8 Å². The largest absolute Gasteiger partial charge is 0.232 e. The van der Waals surface area contributed by atoms with Crippen molar-refractivity contribution in [1.29, 1.82) is 0 Å². The van der Waals surface area contributed by atoms with Gasteiger partial charge in [0.2, 0.25) is 0 Å². The monoisotopic (exact) mass is 248 g/mol. The summed E-state index contributed by atoms with van der Waals surface area (Å²) in [6.45, 7) is 11.0. The van der Waals surface area contributed by atoms with Crippen molar-refractivity contribution in [3.63, 3.8) is 0 Å². The van der Waals surface area contributed by atoms with Crippen LogP contribution in [0.4, 0.5) is 0 Å². The van der Waals surface area contributed by atoms with Crippen LogP contribution in [0.3, 0.4) is 0 Å². The van der Waals surface area contributed by atoms with Crippen LogP contribution in [0.2, 0.25) is 0 Å². The molecule has 2 aromatic heterocycles. The summed E-state index contributed by atoms with van der Waals surface area (Å²) in [5, 5.41) is 1.19. The molecular weight excluding hydrogens is 228 g/mol. The molecular formula is C14H20N2S. The second-order valence-electron chi connectivity index (χ2n) is 5.06. The molecule has 0 bridgehead atoms. The second kappa shape index (κ2) is 4.73. The van der Waals surface area contributed by atoms with Gasteiger partial charge in [-0.1, -0.05) is 34.6 Å². The lowest BCUT2D eigenvalue weighted by atomic mass is 10.0. The lowest BCUT2D eigenvalue weighted by molar-refractivity contribution is 0.827. The van der Waals surface area contributed by atoms with Gasteiger partial charge in [-0.25, -0.2) is 9.97 Å². The van der Waals surface area contributed by atoms with Gasteiger partial charge >= 0.3 is 0 Å². The molecule has 3 heteroatoms. The van der Waals surface area contributed by atoms with Crippen LogP contribution in [0.1, 0.15) is 62.7 Å². The number of pyridine rings is 1. The molecule has 0 fully saturated rings. The summed E-state index contributed by atoms with van der Waals surface area (Å²) in [6, 6.07) is 2.29. The molecule has 0 spiro atoms. The van der Waals surface area contributed by atoms with Gasteiger partial charge in [0.25, 0.3) is 0 Å². The molecule has 0 saturated carbocycles. The molecule has 0 atom stereocenters. The van der Waals surface area contributed by atoms with E-state index < -0.39 is 0 Å². The fourth-order valence-corrected chi connectivity index (χ4v) is 2.92. The highest BCUT2D eigenvalue weighted by Crippen LogP contribution is 2.30. The van der Waals surface area contributed by atoms with Crippen molar-refractivity contribution in [3.8, 4) is 0 Å². The molecule has 0 unspecified atom stereocenters. The first-order valence-corrected chi connectivity index (χ1v) is 7.14. The third-order valence-electron chi connectivity index (χ3n) is 2.96. The fraction of sp³-hybridized carbons (Fsp3) is 0.571. The van der Waals surface area contributed by atoms with Crippen LogP contribution in [0, 0.1) is 0 Å². The predicted molar refractivity (Wildman–Crippen MR) is 75.0 cm³/mol. The van der Waals surface area contributed by atoms with Crippen LogP contribution >= 0.6 is 11.3 Å². The van der Waals surface area contributed by atoms with Crippen molar-refractivity contribution < 1.29 is 0 Å². The van der Waals surface area contributed by atoms with E-state index in [9.17, 15) is 0 Å². The van der Waals surface area contributed by atoms with E-state index in [1.165, 1.54) is 21.0 Å². The summed E-state index contributed by atoms with van der Waals surface area (Å²) in [7, 11) is 0. The Morgan fingerprint density at radius 3 is 2.35 bits per heavy atom. The first-order valence-electron chi connectivity index (χ1n) is 6.33. The zero-order valence-electron chi connectivity index (χ0n) is 11.2. The van der Waals surface area contributed by atoms with E-state index >= 15 is 0 Å². The van der Waals surface area contributed by atoms with Gasteiger partial charge in [0, 0.05) is 11.6 Å². The van der Waals surface area contributed by atoms with Gasteiger partial charge in [0.15, 0.2) is 5.65 Å². The number of nitrogens with zero attached hydrogens (tertiary/aromatic N) is 2. The zero-order chi connectivity index (χ0) is 12.6. The Kier molecular flexibility index (Phi) is 3.48. The lowest BCUT2D eigenvalue weighted by Gasteiger charge is -2.09. The number of fused-ring (bicyclic) bond motifs is 1. The van der Waals surface area contributed by atoms with Crippen molar-refractivity contribution in [3.05, 3.63) is 22.3 Å². The SMILES string of the molecule is CCc1nc2nc(C(C)C)sc2cc1C(C)C. The molecule has 0 amide bonds. The zero-order valence-corrected chi connectivity index (χ0v) is 12.1. The Morgan fingerprint density at radius 1 is 1.12 bits per heavy atom. The van der Waals surface area contributed by atoms with Crippen molar-refractivity contribution in [1.82, 2.24) is 9.97 Å². The van der Waals surface area contributed by atoms with Crippen LogP contribution in [0.25, 0.3) is 10.3 Å². The minimum absolute atomic E-state index is 0.488. The molecule has 0 aliphatic rings. The van der Waals surface area contributed by atoms with E-state index in [0.29, 0.717) is 11.8 Å². The quantitative estimate of drug-likeness (QED) is 0.799. The number of aryl methyl sites for hydroxylation is 1. The minimum atomic E-state index is 0.488. The maximum absolute atomic E-state index is 4.72. The summed E-state index contributed by atoms with van der Waals surface area (Å²) >= 11 is 1.78. The molecule has 2 nitrogen and oxygen atoms in total. The molecule has 0 N–H and O–H groups in total. The number of thiazole rings is 1. The number of hydrogen-bond acceptors (Lipinski definition) is 3. The predicted octanol–water partition coefficient (Wildman–Crippen LogP) is 4.50. The summed E-state index contributed by atoms with van der Waals surface area (Å²) in [4.78, 5) is 9.35. The Labute approximate surface area is 107 Å². The van der Waals surface area contributed by atoms with E-state index in [1.54, 1.807) is 11.3 Å². The van der Waals surface area contributed by atoms with Gasteiger partial charge in [-0.3, -0.25) is 0 Å². The first-order chi connectivity index (χ1) is 8.02. The average Bonchev–Trinajstić information content (AvgIpc) is 2.69. The van der Waals surface area contributed by atoms with Gasteiger partial charge in [0.05, 0.1) is 9.71 Å². The number of hydrogen-bond donors (Lipinski definition) is 0. The highest BCUT2D eigenvalue weighted by molar-refractivity contribution is 7.18. The maximum atomic E-state index is 4.72. The van der Waals surface area contributed by atoms with Gasteiger partial charge in [-0.05, 0) is 24.0 Å². The molecule has 0 aliphatic heterocycles. The summed E-state index contributed by atoms with van der Waals surface area (Å²) in [6.07, 6.45) is 0.984. The first kappa shape index (κ1) is 12.5. The van der Waals surface area contributed by atoms with Gasteiger partial charge in [-0.2, -0.15) is 0 Å². The molecule has 0 radical (unpaired) electrons. The van der Waals surface area contributed by atoms with E-state index in [2.05, 4.69) is 45.7 Å². The molecule has 92 valence electrons. The van der Waals surface area contributed by atoms with Crippen LogP contribution in [-0.4, -0.2) is 9.97 Å². The van der Waals surface area contributed by atoms with Gasteiger partial charge in [0.1, 0.15) is 0 Å². The lowest BCUT2D eigenvalue weighted by Crippen LogP contribution is -1.98.